The largest absolute Gasteiger partial charge is 0.295 e. The smallest absolute Gasteiger partial charge is 0.152 e. The van der Waals surface area contributed by atoms with Gasteiger partial charge in [0.05, 0.1) is 0 Å². The Kier molecular flexibility index (Phi) is 6.18. The number of carbonyl (C=O) groups is 1. The number of carbonyl (C=O) groups excluding carboxylic acids is 1. The van der Waals surface area contributed by atoms with Gasteiger partial charge in [0.25, 0.3) is 0 Å². The van der Waals surface area contributed by atoms with Crippen LogP contribution in [0.3, 0.4) is 0 Å². The number of rotatable bonds is 5. The van der Waals surface area contributed by atoms with Crippen LogP contribution >= 0.6 is 0 Å². The fourth-order valence-electron chi connectivity index (χ4n) is 1.60. The molecular weight excluding hydrogens is 172 g/mol. The van der Waals surface area contributed by atoms with E-state index >= 15 is 0 Å². The highest BCUT2D eigenvalue weighted by molar-refractivity contribution is 5.87. The van der Waals surface area contributed by atoms with Crippen LogP contribution in [-0.2, 0) is 4.79 Å². The van der Waals surface area contributed by atoms with Crippen LogP contribution in [0.1, 0.15) is 41.0 Å². The molecule has 0 N–H and O–H groups in total. The molecule has 1 nitrogen and oxygen atoms in total. The molecule has 0 bridgehead atoms. The average Bonchev–Trinajstić information content (AvgIpc) is 1.98. The highest BCUT2D eigenvalue weighted by Gasteiger charge is 2.03. The minimum atomic E-state index is 0.131. The van der Waals surface area contributed by atoms with E-state index in [1.165, 1.54) is 5.57 Å². The molecule has 2 atom stereocenters. The van der Waals surface area contributed by atoms with Gasteiger partial charge in [0.15, 0.2) is 5.78 Å². The predicted molar refractivity (Wildman–Crippen MR) is 62.2 cm³/mol. The van der Waals surface area contributed by atoms with Crippen LogP contribution in [0.25, 0.3) is 0 Å². The Morgan fingerprint density at radius 3 is 2.14 bits per heavy atom. The summed E-state index contributed by atoms with van der Waals surface area (Å²) >= 11 is 0. The van der Waals surface area contributed by atoms with Crippen molar-refractivity contribution in [3.8, 4) is 0 Å². The summed E-state index contributed by atoms with van der Waals surface area (Å²) in [5, 5.41) is 0. The first-order chi connectivity index (χ1) is 6.41. The van der Waals surface area contributed by atoms with Crippen molar-refractivity contribution >= 4 is 5.78 Å². The molecule has 0 saturated carbocycles. The average molecular weight is 194 g/mol. The second kappa shape index (κ2) is 6.58. The van der Waals surface area contributed by atoms with E-state index in [-0.39, 0.29) is 5.78 Å². The highest BCUT2D eigenvalue weighted by Crippen LogP contribution is 2.15. The normalized spacial score (nSPS) is 15.2. The predicted octanol–water partition coefficient (Wildman–Crippen LogP) is 3.76. The van der Waals surface area contributed by atoms with Crippen LogP contribution in [-0.4, -0.2) is 5.78 Å². The van der Waals surface area contributed by atoms with E-state index in [1.54, 1.807) is 13.0 Å². The standard InChI is InChI=1S/C13H22O/c1-10(2)8-12(4)9-11(3)6-7-13(5)14/h6-8,11-12H,9H2,1-5H3/b7-6+. The minimum Gasteiger partial charge on any atom is -0.295 e. The Labute approximate surface area is 87.9 Å². The molecule has 0 radical (unpaired) electrons. The maximum absolute atomic E-state index is 10.7. The molecule has 0 aliphatic rings. The van der Waals surface area contributed by atoms with Gasteiger partial charge in [-0.05, 0) is 45.1 Å². The van der Waals surface area contributed by atoms with Crippen molar-refractivity contribution in [1.29, 1.82) is 0 Å². The lowest BCUT2D eigenvalue weighted by Crippen LogP contribution is -1.99. The van der Waals surface area contributed by atoms with Gasteiger partial charge in [-0.3, -0.25) is 4.79 Å². The molecule has 0 aromatic carbocycles. The molecule has 0 spiro atoms. The van der Waals surface area contributed by atoms with Gasteiger partial charge >= 0.3 is 0 Å². The molecule has 0 fully saturated rings. The number of ketones is 1. The van der Waals surface area contributed by atoms with Crippen molar-refractivity contribution in [2.75, 3.05) is 0 Å². The van der Waals surface area contributed by atoms with E-state index in [4.69, 9.17) is 0 Å². The van der Waals surface area contributed by atoms with E-state index < -0.39 is 0 Å². The van der Waals surface area contributed by atoms with Crippen LogP contribution in [0.5, 0.6) is 0 Å². The Morgan fingerprint density at radius 2 is 1.71 bits per heavy atom. The van der Waals surface area contributed by atoms with Gasteiger partial charge in [0.2, 0.25) is 0 Å². The molecule has 0 saturated heterocycles. The Hall–Kier alpha value is -0.850. The van der Waals surface area contributed by atoms with Gasteiger partial charge in [-0.15, -0.1) is 0 Å². The zero-order chi connectivity index (χ0) is 11.1. The van der Waals surface area contributed by atoms with Gasteiger partial charge in [0, 0.05) is 0 Å². The third-order valence-electron chi connectivity index (χ3n) is 2.02. The zero-order valence-electron chi connectivity index (χ0n) is 10.0. The van der Waals surface area contributed by atoms with E-state index in [2.05, 4.69) is 33.8 Å². The highest BCUT2D eigenvalue weighted by atomic mass is 16.1. The van der Waals surface area contributed by atoms with Crippen LogP contribution < -0.4 is 0 Å². The van der Waals surface area contributed by atoms with Gasteiger partial charge in [-0.25, -0.2) is 0 Å². The van der Waals surface area contributed by atoms with Crippen molar-refractivity contribution in [2.24, 2.45) is 11.8 Å². The summed E-state index contributed by atoms with van der Waals surface area (Å²) in [4.78, 5) is 10.7. The zero-order valence-corrected chi connectivity index (χ0v) is 10.0. The Balaban J connectivity index is 4.00. The lowest BCUT2D eigenvalue weighted by molar-refractivity contribution is -0.112. The topological polar surface area (TPSA) is 17.1 Å². The summed E-state index contributed by atoms with van der Waals surface area (Å²) in [5.74, 6) is 1.20. The molecule has 80 valence electrons. The fraction of sp³-hybridized carbons (Fsp3) is 0.615. The minimum absolute atomic E-state index is 0.131. The van der Waals surface area contributed by atoms with Gasteiger partial charge in [-0.1, -0.05) is 31.6 Å². The van der Waals surface area contributed by atoms with E-state index in [1.807, 2.05) is 6.08 Å². The molecule has 14 heavy (non-hydrogen) atoms. The third kappa shape index (κ3) is 7.78. The van der Waals surface area contributed by atoms with Crippen molar-refractivity contribution in [1.82, 2.24) is 0 Å². The lowest BCUT2D eigenvalue weighted by atomic mass is 9.95. The molecule has 0 aromatic rings. The monoisotopic (exact) mass is 194 g/mol. The van der Waals surface area contributed by atoms with Gasteiger partial charge in [0.1, 0.15) is 0 Å². The van der Waals surface area contributed by atoms with Gasteiger partial charge < -0.3 is 0 Å². The van der Waals surface area contributed by atoms with Crippen molar-refractivity contribution in [3.05, 3.63) is 23.8 Å². The summed E-state index contributed by atoms with van der Waals surface area (Å²) in [5.41, 5.74) is 1.36. The van der Waals surface area contributed by atoms with Crippen LogP contribution in [0.15, 0.2) is 23.8 Å². The lowest BCUT2D eigenvalue weighted by Gasteiger charge is -2.10. The first-order valence-electron chi connectivity index (χ1n) is 5.25. The first kappa shape index (κ1) is 13.2. The summed E-state index contributed by atoms with van der Waals surface area (Å²) in [6.45, 7) is 10.2. The second-order valence-electron chi connectivity index (χ2n) is 4.40. The summed E-state index contributed by atoms with van der Waals surface area (Å²) in [6, 6.07) is 0. The molecule has 0 aliphatic carbocycles. The Morgan fingerprint density at radius 1 is 1.14 bits per heavy atom. The molecule has 1 heteroatoms. The Bertz CT molecular complexity index is 232. The van der Waals surface area contributed by atoms with E-state index in [0.29, 0.717) is 11.8 Å². The molecule has 2 unspecified atom stereocenters. The summed E-state index contributed by atoms with van der Waals surface area (Å²) < 4.78 is 0. The summed E-state index contributed by atoms with van der Waals surface area (Å²) in [6.07, 6.45) is 7.05. The maximum atomic E-state index is 10.7. The van der Waals surface area contributed by atoms with Crippen molar-refractivity contribution < 1.29 is 4.79 Å². The van der Waals surface area contributed by atoms with Crippen LogP contribution in [0, 0.1) is 11.8 Å². The van der Waals surface area contributed by atoms with Crippen molar-refractivity contribution in [2.45, 2.75) is 41.0 Å². The third-order valence-corrected chi connectivity index (χ3v) is 2.02. The molecular formula is C13H22O. The number of hydrogen-bond donors (Lipinski definition) is 0. The molecule has 0 rings (SSSR count). The quantitative estimate of drug-likeness (QED) is 0.481. The molecule has 0 aromatic heterocycles. The van der Waals surface area contributed by atoms with Crippen LogP contribution in [0.4, 0.5) is 0 Å². The van der Waals surface area contributed by atoms with Gasteiger partial charge in [-0.2, -0.15) is 0 Å². The maximum Gasteiger partial charge on any atom is 0.152 e. The number of hydrogen-bond acceptors (Lipinski definition) is 1. The van der Waals surface area contributed by atoms with Crippen molar-refractivity contribution in [3.63, 3.8) is 0 Å². The SMILES string of the molecule is CC(=O)/C=C/C(C)CC(C)C=C(C)C. The number of allylic oxidation sites excluding steroid dienone is 4. The molecule has 0 amide bonds. The first-order valence-corrected chi connectivity index (χ1v) is 5.25. The van der Waals surface area contributed by atoms with E-state index in [0.717, 1.165) is 6.42 Å². The van der Waals surface area contributed by atoms with E-state index in [9.17, 15) is 4.79 Å². The fourth-order valence-corrected chi connectivity index (χ4v) is 1.60. The second-order valence-corrected chi connectivity index (χ2v) is 4.40. The molecule has 0 heterocycles. The van der Waals surface area contributed by atoms with Crippen LogP contribution in [0.2, 0.25) is 0 Å². The summed E-state index contributed by atoms with van der Waals surface area (Å²) in [7, 11) is 0. The molecule has 0 aliphatic heterocycles.